The van der Waals surface area contributed by atoms with Crippen molar-refractivity contribution in [2.45, 2.75) is 0 Å². The molecule has 1 aliphatic heterocycles. The maximum Gasteiger partial charge on any atom is 0.317 e. The van der Waals surface area contributed by atoms with Gasteiger partial charge in [-0.2, -0.15) is 10.0 Å². The van der Waals surface area contributed by atoms with Crippen LogP contribution in [0.4, 0.5) is 5.69 Å². The van der Waals surface area contributed by atoms with E-state index in [-0.39, 0.29) is 12.5 Å². The predicted molar refractivity (Wildman–Crippen MR) is 67.2 cm³/mol. The van der Waals surface area contributed by atoms with Crippen molar-refractivity contribution in [3.63, 3.8) is 0 Å². The van der Waals surface area contributed by atoms with Gasteiger partial charge in [0, 0.05) is 0 Å². The van der Waals surface area contributed by atoms with Crippen molar-refractivity contribution in [3.05, 3.63) is 38.4 Å². The molecule has 7 nitrogen and oxygen atoms in total. The molecule has 1 aliphatic rings. The van der Waals surface area contributed by atoms with E-state index >= 15 is 0 Å². The highest BCUT2D eigenvalue weighted by Crippen LogP contribution is 2.30. The van der Waals surface area contributed by atoms with Gasteiger partial charge in [0.2, 0.25) is 5.96 Å². The van der Waals surface area contributed by atoms with Crippen LogP contribution in [0.1, 0.15) is 0 Å². The number of para-hydroxylation sites is 1. The molecule has 0 aromatic heterocycles. The summed E-state index contributed by atoms with van der Waals surface area (Å²) >= 11 is 11.9. The minimum absolute atomic E-state index is 0.196. The molecule has 9 heteroatoms. The SMILES string of the molecule is O=[N+]([O-])ON1CCN=C1Nc1c(Cl)cccc1Cl. The van der Waals surface area contributed by atoms with Gasteiger partial charge in [-0.15, -0.1) is 10.1 Å². The molecular weight excluding hydrogens is 283 g/mol. The lowest BCUT2D eigenvalue weighted by atomic mass is 10.3. The van der Waals surface area contributed by atoms with Crippen LogP contribution in [0.2, 0.25) is 10.0 Å². The van der Waals surface area contributed by atoms with Crippen LogP contribution < -0.4 is 5.32 Å². The van der Waals surface area contributed by atoms with Gasteiger partial charge < -0.3 is 5.32 Å². The average Bonchev–Trinajstić information content (AvgIpc) is 2.70. The maximum atomic E-state index is 10.3. The first kappa shape index (κ1) is 12.7. The van der Waals surface area contributed by atoms with Crippen LogP contribution in [-0.2, 0) is 4.94 Å². The largest absolute Gasteiger partial charge is 0.322 e. The summed E-state index contributed by atoms with van der Waals surface area (Å²) in [6.45, 7) is 0.670. The van der Waals surface area contributed by atoms with Gasteiger partial charge in [0.1, 0.15) is 0 Å². The Morgan fingerprint density at radius 1 is 1.44 bits per heavy atom. The van der Waals surface area contributed by atoms with Crippen molar-refractivity contribution in [2.24, 2.45) is 4.99 Å². The third-order valence-electron chi connectivity index (χ3n) is 2.17. The highest BCUT2D eigenvalue weighted by Gasteiger charge is 2.22. The zero-order chi connectivity index (χ0) is 13.1. The summed E-state index contributed by atoms with van der Waals surface area (Å²) in [5.74, 6) is 0.196. The summed E-state index contributed by atoms with van der Waals surface area (Å²) in [5, 5.41) is 14.0. The van der Waals surface area contributed by atoms with Crippen molar-refractivity contribution < 1.29 is 10.0 Å². The number of hydrogen-bond acceptors (Lipinski definition) is 6. The fourth-order valence-electron chi connectivity index (χ4n) is 1.42. The highest BCUT2D eigenvalue weighted by atomic mass is 35.5. The molecule has 0 saturated heterocycles. The number of aliphatic imine (C=N–C) groups is 1. The first-order chi connectivity index (χ1) is 8.58. The number of guanidine groups is 1. The van der Waals surface area contributed by atoms with Gasteiger partial charge in [0.15, 0.2) is 0 Å². The minimum atomic E-state index is -0.906. The van der Waals surface area contributed by atoms with Crippen molar-refractivity contribution >= 4 is 34.8 Å². The van der Waals surface area contributed by atoms with E-state index in [2.05, 4.69) is 15.2 Å². The molecule has 0 fully saturated rings. The van der Waals surface area contributed by atoms with Gasteiger partial charge >= 0.3 is 5.09 Å². The van der Waals surface area contributed by atoms with Gasteiger partial charge in [-0.1, -0.05) is 29.3 Å². The van der Waals surface area contributed by atoms with Crippen LogP contribution in [0.5, 0.6) is 0 Å². The van der Waals surface area contributed by atoms with E-state index in [4.69, 9.17) is 23.2 Å². The summed E-state index contributed by atoms with van der Waals surface area (Å²) in [6, 6.07) is 4.98. The zero-order valence-corrected chi connectivity index (χ0v) is 10.5. The quantitative estimate of drug-likeness (QED) is 0.682. The molecule has 0 atom stereocenters. The molecule has 0 spiro atoms. The number of nitrogens with one attached hydrogen (secondary N) is 1. The zero-order valence-electron chi connectivity index (χ0n) is 8.97. The van der Waals surface area contributed by atoms with Crippen molar-refractivity contribution in [1.82, 2.24) is 5.06 Å². The minimum Gasteiger partial charge on any atom is -0.322 e. The molecule has 18 heavy (non-hydrogen) atoms. The number of hydrogen-bond donors (Lipinski definition) is 1. The number of benzene rings is 1. The molecular formula is C9H8Cl2N4O3. The van der Waals surface area contributed by atoms with Crippen LogP contribution in [0, 0.1) is 10.1 Å². The summed E-state index contributed by atoms with van der Waals surface area (Å²) in [7, 11) is 0. The Bertz CT molecular complexity index is 488. The van der Waals surface area contributed by atoms with Gasteiger partial charge in [-0.3, -0.25) is 0 Å². The van der Waals surface area contributed by atoms with E-state index in [1.807, 2.05) is 0 Å². The summed E-state index contributed by atoms with van der Waals surface area (Å²) < 4.78 is 0. The Labute approximate surface area is 112 Å². The summed E-state index contributed by atoms with van der Waals surface area (Å²) in [4.78, 5) is 18.7. The summed E-state index contributed by atoms with van der Waals surface area (Å²) in [5.41, 5.74) is 0.429. The molecule has 0 saturated carbocycles. The topological polar surface area (TPSA) is 80.0 Å². The highest BCUT2D eigenvalue weighted by molar-refractivity contribution is 6.39. The molecule has 0 bridgehead atoms. The molecule has 96 valence electrons. The van der Waals surface area contributed by atoms with Gasteiger partial charge in [0.25, 0.3) is 0 Å². The third kappa shape index (κ3) is 2.74. The van der Waals surface area contributed by atoms with E-state index in [9.17, 15) is 10.1 Å². The Balaban J connectivity index is 2.16. The monoisotopic (exact) mass is 290 g/mol. The van der Waals surface area contributed by atoms with E-state index in [1.165, 1.54) is 0 Å². The number of hydroxylamine groups is 2. The Hall–Kier alpha value is -1.73. The predicted octanol–water partition coefficient (Wildman–Crippen LogP) is 2.20. The van der Waals surface area contributed by atoms with Crippen LogP contribution in [0.3, 0.4) is 0 Å². The van der Waals surface area contributed by atoms with E-state index in [1.54, 1.807) is 18.2 Å². The van der Waals surface area contributed by atoms with E-state index < -0.39 is 5.09 Å². The van der Waals surface area contributed by atoms with Crippen molar-refractivity contribution in [2.75, 3.05) is 18.4 Å². The number of halogens is 2. The second kappa shape index (κ2) is 5.28. The molecule has 1 aromatic carbocycles. The molecule has 2 rings (SSSR count). The fraction of sp³-hybridized carbons (Fsp3) is 0.222. The first-order valence-electron chi connectivity index (χ1n) is 4.93. The maximum absolute atomic E-state index is 10.3. The number of rotatable bonds is 3. The smallest absolute Gasteiger partial charge is 0.317 e. The molecule has 0 radical (unpaired) electrons. The lowest BCUT2D eigenvalue weighted by Crippen LogP contribution is -2.35. The van der Waals surface area contributed by atoms with Crippen LogP contribution in [-0.4, -0.2) is 29.2 Å². The van der Waals surface area contributed by atoms with Gasteiger partial charge in [-0.25, -0.2) is 4.99 Å². The molecule has 0 unspecified atom stereocenters. The van der Waals surface area contributed by atoms with Crippen molar-refractivity contribution in [1.29, 1.82) is 0 Å². The fourth-order valence-corrected chi connectivity index (χ4v) is 1.91. The molecule has 1 heterocycles. The summed E-state index contributed by atoms with van der Waals surface area (Å²) in [6.07, 6.45) is 0. The average molecular weight is 291 g/mol. The van der Waals surface area contributed by atoms with E-state index in [0.717, 1.165) is 5.06 Å². The standard InChI is InChI=1S/C9H8Cl2N4O3/c10-6-2-1-3-7(11)8(6)13-9-12-4-5-14(9)18-15(16)17/h1-3H,4-5H2,(H,12,13). The molecule has 0 amide bonds. The number of anilines is 1. The first-order valence-corrected chi connectivity index (χ1v) is 5.69. The van der Waals surface area contributed by atoms with Gasteiger partial charge in [0.05, 0.1) is 28.8 Å². The second-order valence-corrected chi connectivity index (χ2v) is 4.15. The van der Waals surface area contributed by atoms with E-state index in [0.29, 0.717) is 22.3 Å². The molecule has 0 aliphatic carbocycles. The van der Waals surface area contributed by atoms with Crippen molar-refractivity contribution in [3.8, 4) is 0 Å². The molecule has 1 N–H and O–H groups in total. The second-order valence-electron chi connectivity index (χ2n) is 3.33. The lowest BCUT2D eigenvalue weighted by molar-refractivity contribution is -0.802. The normalized spacial score (nSPS) is 14.3. The third-order valence-corrected chi connectivity index (χ3v) is 2.80. The Morgan fingerprint density at radius 2 is 2.11 bits per heavy atom. The Morgan fingerprint density at radius 3 is 2.72 bits per heavy atom. The van der Waals surface area contributed by atoms with Crippen LogP contribution >= 0.6 is 23.2 Å². The van der Waals surface area contributed by atoms with Crippen LogP contribution in [0.25, 0.3) is 0 Å². The van der Waals surface area contributed by atoms with Crippen LogP contribution in [0.15, 0.2) is 23.2 Å². The number of nitrogens with zero attached hydrogens (tertiary/aromatic N) is 3. The van der Waals surface area contributed by atoms with Gasteiger partial charge in [-0.05, 0) is 12.1 Å². The Kier molecular flexibility index (Phi) is 3.73. The lowest BCUT2D eigenvalue weighted by Gasteiger charge is -2.18. The molecule has 1 aromatic rings.